The van der Waals surface area contributed by atoms with Crippen LogP contribution < -0.4 is 11.1 Å². The molecule has 1 amide bonds. The lowest BCUT2D eigenvalue weighted by molar-refractivity contribution is 0.102. The highest BCUT2D eigenvalue weighted by Crippen LogP contribution is 2.18. The van der Waals surface area contributed by atoms with Crippen LogP contribution in [0.25, 0.3) is 0 Å². The fraction of sp³-hybridized carbons (Fsp3) is 0.118. The molecule has 0 unspecified atom stereocenters. The molecule has 21 heavy (non-hydrogen) atoms. The van der Waals surface area contributed by atoms with Crippen molar-refractivity contribution in [3.05, 3.63) is 59.2 Å². The summed E-state index contributed by atoms with van der Waals surface area (Å²) in [6, 6.07) is 12.0. The number of carbonyl (C=O) groups is 1. The van der Waals surface area contributed by atoms with Crippen molar-refractivity contribution >= 4 is 11.6 Å². The molecule has 0 aromatic heterocycles. The third-order valence-electron chi connectivity index (χ3n) is 2.91. The minimum absolute atomic E-state index is 0.172. The molecule has 2 aromatic rings. The first-order valence-corrected chi connectivity index (χ1v) is 6.50. The number of phenols is 1. The molecule has 0 atom stereocenters. The van der Waals surface area contributed by atoms with Crippen LogP contribution >= 0.6 is 0 Å². The number of anilines is 1. The zero-order valence-corrected chi connectivity index (χ0v) is 11.7. The minimum atomic E-state index is -0.234. The Morgan fingerprint density at radius 1 is 1.29 bits per heavy atom. The van der Waals surface area contributed by atoms with Gasteiger partial charge in [-0.25, -0.2) is 0 Å². The molecule has 2 aromatic carbocycles. The van der Waals surface area contributed by atoms with E-state index in [1.54, 1.807) is 31.2 Å². The minimum Gasteiger partial charge on any atom is -0.508 e. The van der Waals surface area contributed by atoms with Crippen LogP contribution in [0.5, 0.6) is 5.75 Å². The maximum Gasteiger partial charge on any atom is 0.255 e. The molecule has 0 aliphatic heterocycles. The number of nitrogens with one attached hydrogen (secondary N) is 1. The lowest BCUT2D eigenvalue weighted by atomic mass is 10.1. The third-order valence-corrected chi connectivity index (χ3v) is 2.91. The maximum absolute atomic E-state index is 12.2. The van der Waals surface area contributed by atoms with Crippen LogP contribution in [0.15, 0.2) is 42.5 Å². The average Bonchev–Trinajstić information content (AvgIpc) is 2.48. The van der Waals surface area contributed by atoms with Gasteiger partial charge in [0.25, 0.3) is 5.91 Å². The van der Waals surface area contributed by atoms with Gasteiger partial charge in [0.1, 0.15) is 5.75 Å². The average molecular weight is 280 g/mol. The van der Waals surface area contributed by atoms with Gasteiger partial charge in [0, 0.05) is 16.8 Å². The summed E-state index contributed by atoms with van der Waals surface area (Å²) in [5.74, 6) is 5.62. The van der Waals surface area contributed by atoms with E-state index < -0.39 is 0 Å². The Labute approximate surface area is 123 Å². The normalized spacial score (nSPS) is 9.62. The van der Waals surface area contributed by atoms with Crippen molar-refractivity contribution in [1.82, 2.24) is 0 Å². The highest BCUT2D eigenvalue weighted by atomic mass is 16.3. The van der Waals surface area contributed by atoms with E-state index in [4.69, 9.17) is 5.73 Å². The van der Waals surface area contributed by atoms with Gasteiger partial charge in [-0.1, -0.05) is 17.9 Å². The summed E-state index contributed by atoms with van der Waals surface area (Å²) in [6.07, 6.45) is 0. The largest absolute Gasteiger partial charge is 0.508 e. The second-order valence-corrected chi connectivity index (χ2v) is 4.54. The van der Waals surface area contributed by atoms with Gasteiger partial charge in [0.15, 0.2) is 0 Å². The van der Waals surface area contributed by atoms with E-state index in [1.807, 2.05) is 12.1 Å². The zero-order chi connectivity index (χ0) is 15.2. The van der Waals surface area contributed by atoms with Crippen LogP contribution in [0, 0.1) is 18.8 Å². The Bertz CT molecular complexity index is 727. The van der Waals surface area contributed by atoms with Gasteiger partial charge in [-0.2, -0.15) is 0 Å². The Morgan fingerprint density at radius 2 is 2.10 bits per heavy atom. The van der Waals surface area contributed by atoms with E-state index in [1.165, 1.54) is 6.07 Å². The second-order valence-electron chi connectivity index (χ2n) is 4.54. The molecule has 0 saturated heterocycles. The Balaban J connectivity index is 2.17. The molecule has 4 N–H and O–H groups in total. The number of rotatable bonds is 2. The van der Waals surface area contributed by atoms with E-state index in [0.717, 1.165) is 5.56 Å². The van der Waals surface area contributed by atoms with E-state index in [9.17, 15) is 9.90 Å². The number of benzene rings is 2. The summed E-state index contributed by atoms with van der Waals surface area (Å²) < 4.78 is 0. The topological polar surface area (TPSA) is 75.4 Å². The zero-order valence-electron chi connectivity index (χ0n) is 11.7. The number of carbonyl (C=O) groups excluding carboxylic acids is 1. The lowest BCUT2D eigenvalue weighted by Crippen LogP contribution is -2.12. The summed E-state index contributed by atoms with van der Waals surface area (Å²) in [7, 11) is 0. The quantitative estimate of drug-likeness (QED) is 0.739. The standard InChI is InChI=1S/C17H16N2O2/c1-12-10-14(7-8-16(12)20)17(21)19-15-6-2-4-13(11-15)5-3-9-18/h2,4,6-8,10-11,20H,9,18H2,1H3,(H,19,21). The second kappa shape index (κ2) is 6.60. The van der Waals surface area contributed by atoms with Gasteiger partial charge in [0.05, 0.1) is 6.54 Å². The summed E-state index contributed by atoms with van der Waals surface area (Å²) in [4.78, 5) is 12.2. The molecular weight excluding hydrogens is 264 g/mol. The van der Waals surface area contributed by atoms with Crippen molar-refractivity contribution in [2.45, 2.75) is 6.92 Å². The number of hydrogen-bond acceptors (Lipinski definition) is 3. The summed E-state index contributed by atoms with van der Waals surface area (Å²) in [5.41, 5.74) is 7.93. The Kier molecular flexibility index (Phi) is 4.60. The van der Waals surface area contributed by atoms with Gasteiger partial charge in [-0.3, -0.25) is 4.79 Å². The molecule has 0 fully saturated rings. The number of nitrogens with two attached hydrogens (primary N) is 1. The van der Waals surface area contributed by atoms with E-state index >= 15 is 0 Å². The van der Waals surface area contributed by atoms with Gasteiger partial charge >= 0.3 is 0 Å². The molecule has 0 heterocycles. The molecule has 4 heteroatoms. The molecule has 106 valence electrons. The van der Waals surface area contributed by atoms with Crippen LogP contribution in [-0.2, 0) is 0 Å². The molecule has 4 nitrogen and oxygen atoms in total. The van der Waals surface area contributed by atoms with Gasteiger partial charge < -0.3 is 16.2 Å². The van der Waals surface area contributed by atoms with Crippen molar-refractivity contribution < 1.29 is 9.90 Å². The van der Waals surface area contributed by atoms with Gasteiger partial charge in [-0.05, 0) is 48.9 Å². The maximum atomic E-state index is 12.2. The van der Waals surface area contributed by atoms with Crippen LogP contribution in [0.2, 0.25) is 0 Å². The van der Waals surface area contributed by atoms with Crippen LogP contribution in [0.3, 0.4) is 0 Å². The number of phenolic OH excluding ortho intramolecular Hbond substituents is 1. The highest BCUT2D eigenvalue weighted by molar-refractivity contribution is 6.04. The monoisotopic (exact) mass is 280 g/mol. The summed E-state index contributed by atoms with van der Waals surface area (Å²) in [5, 5.41) is 12.3. The van der Waals surface area contributed by atoms with Gasteiger partial charge in [-0.15, -0.1) is 0 Å². The molecule has 0 saturated carbocycles. The fourth-order valence-corrected chi connectivity index (χ4v) is 1.83. The Morgan fingerprint density at radius 3 is 2.81 bits per heavy atom. The first-order chi connectivity index (χ1) is 10.1. The molecular formula is C17H16N2O2. The highest BCUT2D eigenvalue weighted by Gasteiger charge is 2.08. The van der Waals surface area contributed by atoms with Crippen LogP contribution in [0.1, 0.15) is 21.5 Å². The van der Waals surface area contributed by atoms with Crippen molar-refractivity contribution in [2.75, 3.05) is 11.9 Å². The first kappa shape index (κ1) is 14.6. The van der Waals surface area contributed by atoms with Crippen molar-refractivity contribution in [1.29, 1.82) is 0 Å². The Hall–Kier alpha value is -2.77. The molecule has 0 aliphatic carbocycles. The van der Waals surface area contributed by atoms with Crippen LogP contribution in [-0.4, -0.2) is 17.6 Å². The smallest absolute Gasteiger partial charge is 0.255 e. The fourth-order valence-electron chi connectivity index (χ4n) is 1.83. The number of aromatic hydroxyl groups is 1. The number of amides is 1. The first-order valence-electron chi connectivity index (χ1n) is 6.50. The third kappa shape index (κ3) is 3.85. The summed E-state index contributed by atoms with van der Waals surface area (Å²) in [6.45, 7) is 2.04. The SMILES string of the molecule is Cc1cc(C(=O)Nc2cccc(C#CCN)c2)ccc1O. The molecule has 0 spiro atoms. The molecule has 0 bridgehead atoms. The summed E-state index contributed by atoms with van der Waals surface area (Å²) >= 11 is 0. The van der Waals surface area contributed by atoms with Crippen molar-refractivity contribution in [3.63, 3.8) is 0 Å². The molecule has 0 radical (unpaired) electrons. The van der Waals surface area contributed by atoms with Crippen molar-refractivity contribution in [2.24, 2.45) is 5.73 Å². The van der Waals surface area contributed by atoms with Crippen molar-refractivity contribution in [3.8, 4) is 17.6 Å². The number of hydrogen-bond donors (Lipinski definition) is 3. The van der Waals surface area contributed by atoms with E-state index in [2.05, 4.69) is 17.2 Å². The predicted octanol–water partition coefficient (Wildman–Crippen LogP) is 2.26. The lowest BCUT2D eigenvalue weighted by Gasteiger charge is -2.07. The van der Waals surface area contributed by atoms with E-state index in [-0.39, 0.29) is 11.7 Å². The van der Waals surface area contributed by atoms with Crippen LogP contribution in [0.4, 0.5) is 5.69 Å². The molecule has 2 rings (SSSR count). The predicted molar refractivity (Wildman–Crippen MR) is 83.2 cm³/mol. The number of aryl methyl sites for hydroxylation is 1. The van der Waals surface area contributed by atoms with E-state index in [0.29, 0.717) is 23.4 Å². The molecule has 0 aliphatic rings. The van der Waals surface area contributed by atoms with Gasteiger partial charge in [0.2, 0.25) is 0 Å².